The Labute approximate surface area is 157 Å². The van der Waals surface area contributed by atoms with Crippen LogP contribution in [0.15, 0.2) is 46.3 Å². The summed E-state index contributed by atoms with van der Waals surface area (Å²) in [5.41, 5.74) is 1.46. The average molecular weight is 393 g/mol. The average Bonchev–Trinajstić information content (AvgIpc) is 3.17. The number of nitrogens with one attached hydrogen (secondary N) is 1. The quantitative estimate of drug-likeness (QED) is 0.757. The molecule has 0 atom stereocenters. The smallest absolute Gasteiger partial charge is 0.264 e. The molecule has 126 valence electrons. The second-order valence-electron chi connectivity index (χ2n) is 5.19. The van der Waals surface area contributed by atoms with Crippen molar-refractivity contribution in [2.45, 2.75) is 0 Å². The van der Waals surface area contributed by atoms with Gasteiger partial charge < -0.3 is 14.8 Å². The van der Waals surface area contributed by atoms with Crippen LogP contribution in [0.4, 0.5) is 5.69 Å². The van der Waals surface area contributed by atoms with Crippen molar-refractivity contribution in [3.05, 3.63) is 56.9 Å². The predicted molar refractivity (Wildman–Crippen MR) is 99.8 cm³/mol. The summed E-state index contributed by atoms with van der Waals surface area (Å²) in [6.07, 6.45) is 1.78. The van der Waals surface area contributed by atoms with E-state index in [4.69, 9.17) is 32.7 Å². The van der Waals surface area contributed by atoms with E-state index in [0.29, 0.717) is 37.3 Å². The lowest BCUT2D eigenvalue weighted by atomic mass is 10.2. The zero-order valence-electron chi connectivity index (χ0n) is 12.6. The van der Waals surface area contributed by atoms with Crippen LogP contribution < -0.4 is 14.8 Å². The lowest BCUT2D eigenvalue weighted by Crippen LogP contribution is -2.19. The van der Waals surface area contributed by atoms with Gasteiger partial charge in [0.15, 0.2) is 16.7 Å². The molecule has 0 aromatic heterocycles. The van der Waals surface area contributed by atoms with E-state index in [9.17, 15) is 4.79 Å². The molecule has 1 amide bonds. The zero-order chi connectivity index (χ0) is 17.4. The maximum Gasteiger partial charge on any atom is 0.264 e. The molecule has 2 aromatic rings. The third-order valence-corrected chi connectivity index (χ3v) is 5.13. The topological polar surface area (TPSA) is 59.9 Å². The monoisotopic (exact) mass is 392 g/mol. The van der Waals surface area contributed by atoms with E-state index in [1.165, 1.54) is 11.8 Å². The third-order valence-electron chi connectivity index (χ3n) is 3.48. The molecule has 0 unspecified atom stereocenters. The molecule has 2 aliphatic rings. The minimum atomic E-state index is -0.207. The molecule has 2 heterocycles. The molecule has 4 rings (SSSR count). The zero-order valence-corrected chi connectivity index (χ0v) is 14.9. The van der Waals surface area contributed by atoms with E-state index in [2.05, 4.69) is 10.3 Å². The minimum Gasteiger partial charge on any atom is -0.454 e. The Morgan fingerprint density at radius 3 is 2.76 bits per heavy atom. The van der Waals surface area contributed by atoms with Gasteiger partial charge in [-0.25, -0.2) is 4.99 Å². The number of aliphatic imine (C=N–C) groups is 1. The normalized spacial score (nSPS) is 18.9. The largest absolute Gasteiger partial charge is 0.454 e. The maximum atomic E-state index is 12.1. The first-order valence-corrected chi connectivity index (χ1v) is 8.80. The highest BCUT2D eigenvalue weighted by Crippen LogP contribution is 2.35. The maximum absolute atomic E-state index is 12.1. The van der Waals surface area contributed by atoms with Crippen molar-refractivity contribution < 1.29 is 14.3 Å². The molecule has 0 saturated carbocycles. The van der Waals surface area contributed by atoms with Crippen molar-refractivity contribution in [1.82, 2.24) is 5.32 Å². The first-order chi connectivity index (χ1) is 12.1. The van der Waals surface area contributed by atoms with E-state index in [0.717, 1.165) is 5.56 Å². The number of benzene rings is 2. The highest BCUT2D eigenvalue weighted by Gasteiger charge is 2.24. The second-order valence-corrected chi connectivity index (χ2v) is 7.04. The number of ether oxygens (including phenoxy) is 2. The van der Waals surface area contributed by atoms with E-state index in [-0.39, 0.29) is 12.7 Å². The van der Waals surface area contributed by atoms with Crippen LogP contribution in [-0.4, -0.2) is 17.9 Å². The summed E-state index contributed by atoms with van der Waals surface area (Å²) in [6.45, 7) is 0.213. The van der Waals surface area contributed by atoms with Gasteiger partial charge in [-0.05, 0) is 53.7 Å². The number of carbonyl (C=O) groups excluding carboxylic acids is 1. The van der Waals surface area contributed by atoms with Crippen molar-refractivity contribution in [2.75, 3.05) is 6.79 Å². The fourth-order valence-corrected chi connectivity index (χ4v) is 3.44. The Balaban J connectivity index is 1.57. The molecular weight excluding hydrogens is 383 g/mol. The Morgan fingerprint density at radius 1 is 1.08 bits per heavy atom. The molecule has 0 radical (unpaired) electrons. The van der Waals surface area contributed by atoms with Crippen LogP contribution in [0.2, 0.25) is 10.0 Å². The summed E-state index contributed by atoms with van der Waals surface area (Å²) < 4.78 is 10.6. The molecule has 0 spiro atoms. The Kier molecular flexibility index (Phi) is 4.33. The summed E-state index contributed by atoms with van der Waals surface area (Å²) >= 11 is 13.1. The van der Waals surface area contributed by atoms with Gasteiger partial charge in [0, 0.05) is 0 Å². The number of hydrogen-bond acceptors (Lipinski definition) is 5. The van der Waals surface area contributed by atoms with E-state index < -0.39 is 0 Å². The number of amides is 1. The molecule has 25 heavy (non-hydrogen) atoms. The van der Waals surface area contributed by atoms with Crippen molar-refractivity contribution in [1.29, 1.82) is 0 Å². The number of nitrogens with zero attached hydrogens (tertiary/aromatic N) is 1. The van der Waals surface area contributed by atoms with E-state index in [1.807, 2.05) is 18.2 Å². The first-order valence-electron chi connectivity index (χ1n) is 7.23. The molecule has 2 aliphatic heterocycles. The number of amidine groups is 1. The molecule has 1 saturated heterocycles. The Hall–Kier alpha value is -2.15. The van der Waals surface area contributed by atoms with Crippen LogP contribution in [0.5, 0.6) is 11.5 Å². The van der Waals surface area contributed by atoms with Crippen LogP contribution in [-0.2, 0) is 4.79 Å². The van der Waals surface area contributed by atoms with Crippen LogP contribution in [0, 0.1) is 0 Å². The molecule has 2 aromatic carbocycles. The lowest BCUT2D eigenvalue weighted by molar-refractivity contribution is -0.115. The highest BCUT2D eigenvalue weighted by atomic mass is 35.5. The molecule has 5 nitrogen and oxygen atoms in total. The predicted octanol–water partition coefficient (Wildman–Crippen LogP) is 4.61. The summed E-state index contributed by atoms with van der Waals surface area (Å²) in [5.74, 6) is 1.16. The minimum absolute atomic E-state index is 0.207. The lowest BCUT2D eigenvalue weighted by Gasteiger charge is -1.99. The van der Waals surface area contributed by atoms with E-state index >= 15 is 0 Å². The summed E-state index contributed by atoms with van der Waals surface area (Å²) in [7, 11) is 0. The molecule has 0 bridgehead atoms. The number of carbonyl (C=O) groups is 1. The molecule has 1 fully saturated rings. The van der Waals surface area contributed by atoms with Gasteiger partial charge in [0.05, 0.1) is 20.6 Å². The third kappa shape index (κ3) is 3.46. The standard InChI is InChI=1S/C17H10Cl2N2O3S/c18-11-3-2-10(7-12(11)19)20-17-21-16(22)15(25-17)6-9-1-4-13-14(5-9)24-8-23-13/h1-7H,8H2,(H,20,21,22)/b15-6-. The van der Waals surface area contributed by atoms with Gasteiger partial charge in [0.2, 0.25) is 6.79 Å². The van der Waals surface area contributed by atoms with Crippen LogP contribution in [0.1, 0.15) is 5.56 Å². The number of halogens is 2. The molecule has 1 N–H and O–H groups in total. The van der Waals surface area contributed by atoms with Crippen LogP contribution in [0.25, 0.3) is 6.08 Å². The SMILES string of the molecule is O=C1NC(=Nc2ccc(Cl)c(Cl)c2)S/C1=C\c1ccc2c(c1)OCO2. The number of fused-ring (bicyclic) bond motifs is 1. The van der Waals surface area contributed by atoms with Crippen molar-refractivity contribution >= 4 is 57.8 Å². The van der Waals surface area contributed by atoms with Gasteiger partial charge in [0.25, 0.3) is 5.91 Å². The van der Waals surface area contributed by atoms with Crippen molar-refractivity contribution in [3.8, 4) is 11.5 Å². The number of thioether (sulfide) groups is 1. The van der Waals surface area contributed by atoms with Gasteiger partial charge in [-0.3, -0.25) is 4.79 Å². The van der Waals surface area contributed by atoms with Gasteiger partial charge in [0.1, 0.15) is 0 Å². The number of rotatable bonds is 2. The van der Waals surface area contributed by atoms with E-state index in [1.54, 1.807) is 24.3 Å². The second kappa shape index (κ2) is 6.63. The van der Waals surface area contributed by atoms with Gasteiger partial charge >= 0.3 is 0 Å². The van der Waals surface area contributed by atoms with Gasteiger partial charge in [-0.2, -0.15) is 0 Å². The van der Waals surface area contributed by atoms with Crippen molar-refractivity contribution in [2.24, 2.45) is 4.99 Å². The first kappa shape index (κ1) is 16.3. The summed E-state index contributed by atoms with van der Waals surface area (Å²) in [4.78, 5) is 17.1. The fourth-order valence-electron chi connectivity index (χ4n) is 2.31. The highest BCUT2D eigenvalue weighted by molar-refractivity contribution is 8.18. The van der Waals surface area contributed by atoms with Crippen molar-refractivity contribution in [3.63, 3.8) is 0 Å². The Bertz CT molecular complexity index is 943. The fraction of sp³-hybridized carbons (Fsp3) is 0.0588. The van der Waals surface area contributed by atoms with Crippen LogP contribution in [0.3, 0.4) is 0 Å². The molecule has 8 heteroatoms. The Morgan fingerprint density at radius 2 is 1.92 bits per heavy atom. The molecular formula is C17H10Cl2N2O3S. The van der Waals surface area contributed by atoms with Crippen LogP contribution >= 0.6 is 35.0 Å². The summed E-state index contributed by atoms with van der Waals surface area (Å²) in [6, 6.07) is 10.5. The van der Waals surface area contributed by atoms with Gasteiger partial charge in [-0.1, -0.05) is 29.3 Å². The summed E-state index contributed by atoms with van der Waals surface area (Å²) in [5, 5.41) is 4.08. The van der Waals surface area contributed by atoms with Gasteiger partial charge in [-0.15, -0.1) is 0 Å². The molecule has 0 aliphatic carbocycles. The number of hydrogen-bond donors (Lipinski definition) is 1.